The first-order chi connectivity index (χ1) is 6.25. The second-order valence-corrected chi connectivity index (χ2v) is 4.09. The zero-order valence-electron chi connectivity index (χ0n) is 7.60. The zero-order chi connectivity index (χ0) is 9.26. The third kappa shape index (κ3) is 2.17. The van der Waals surface area contributed by atoms with Crippen molar-refractivity contribution in [2.24, 2.45) is 5.92 Å². The molecular formula is C9H16F2N2. The van der Waals surface area contributed by atoms with Crippen LogP contribution in [0.5, 0.6) is 0 Å². The molecule has 2 heterocycles. The van der Waals surface area contributed by atoms with E-state index < -0.39 is 6.43 Å². The topological polar surface area (TPSA) is 24.1 Å². The lowest BCUT2D eigenvalue weighted by atomic mass is 9.89. The predicted octanol–water partition coefficient (Wildman–Crippen LogP) is 0.982. The van der Waals surface area contributed by atoms with Gasteiger partial charge < -0.3 is 10.6 Å². The van der Waals surface area contributed by atoms with E-state index in [4.69, 9.17) is 0 Å². The maximum Gasteiger partial charge on any atom is 0.250 e. The third-order valence-corrected chi connectivity index (χ3v) is 3.14. The Morgan fingerprint density at radius 2 is 2.23 bits per heavy atom. The van der Waals surface area contributed by atoms with Crippen LogP contribution in [0.3, 0.4) is 0 Å². The summed E-state index contributed by atoms with van der Waals surface area (Å²) in [6.07, 6.45) is 1.45. The van der Waals surface area contributed by atoms with Crippen LogP contribution < -0.4 is 10.6 Å². The van der Waals surface area contributed by atoms with E-state index in [0.29, 0.717) is 18.0 Å². The van der Waals surface area contributed by atoms with Crippen molar-refractivity contribution >= 4 is 0 Å². The van der Waals surface area contributed by atoms with Crippen molar-refractivity contribution in [3.05, 3.63) is 0 Å². The molecule has 0 aliphatic carbocycles. The molecule has 2 saturated heterocycles. The summed E-state index contributed by atoms with van der Waals surface area (Å²) in [6.45, 7) is 0.590. The van der Waals surface area contributed by atoms with E-state index in [-0.39, 0.29) is 6.54 Å². The van der Waals surface area contributed by atoms with Crippen LogP contribution in [-0.2, 0) is 0 Å². The molecule has 0 saturated carbocycles. The third-order valence-electron chi connectivity index (χ3n) is 3.14. The SMILES string of the molecule is FC(F)CNCC1CC2CCC1N2. The molecule has 2 fully saturated rings. The monoisotopic (exact) mass is 190 g/mol. The fourth-order valence-corrected chi connectivity index (χ4v) is 2.54. The summed E-state index contributed by atoms with van der Waals surface area (Å²) < 4.78 is 23.6. The van der Waals surface area contributed by atoms with Crippen LogP contribution in [0, 0.1) is 5.92 Å². The Balaban J connectivity index is 1.66. The lowest BCUT2D eigenvalue weighted by Crippen LogP contribution is -2.33. The van der Waals surface area contributed by atoms with Crippen LogP contribution in [0.2, 0.25) is 0 Å². The minimum Gasteiger partial charge on any atom is -0.311 e. The van der Waals surface area contributed by atoms with Gasteiger partial charge in [-0.1, -0.05) is 0 Å². The van der Waals surface area contributed by atoms with Gasteiger partial charge in [-0.2, -0.15) is 0 Å². The van der Waals surface area contributed by atoms with Gasteiger partial charge in [-0.3, -0.25) is 0 Å². The Bertz CT molecular complexity index is 175. The zero-order valence-corrected chi connectivity index (χ0v) is 7.60. The maximum atomic E-state index is 11.8. The lowest BCUT2D eigenvalue weighted by molar-refractivity contribution is 0.143. The summed E-state index contributed by atoms with van der Waals surface area (Å²) in [6, 6.07) is 1.26. The second-order valence-electron chi connectivity index (χ2n) is 4.09. The van der Waals surface area contributed by atoms with Crippen molar-refractivity contribution in [2.75, 3.05) is 13.1 Å². The fourth-order valence-electron chi connectivity index (χ4n) is 2.54. The van der Waals surface area contributed by atoms with E-state index in [1.807, 2.05) is 0 Å². The van der Waals surface area contributed by atoms with Crippen LogP contribution in [0.25, 0.3) is 0 Å². The molecule has 0 amide bonds. The van der Waals surface area contributed by atoms with Gasteiger partial charge in [-0.25, -0.2) is 8.78 Å². The highest BCUT2D eigenvalue weighted by Gasteiger charge is 2.38. The van der Waals surface area contributed by atoms with Crippen molar-refractivity contribution in [1.29, 1.82) is 0 Å². The molecule has 2 N–H and O–H groups in total. The molecule has 0 spiro atoms. The van der Waals surface area contributed by atoms with Gasteiger partial charge in [0.1, 0.15) is 0 Å². The average molecular weight is 190 g/mol. The van der Waals surface area contributed by atoms with Gasteiger partial charge in [0.2, 0.25) is 0 Å². The molecule has 13 heavy (non-hydrogen) atoms. The normalized spacial score (nSPS) is 37.6. The minimum absolute atomic E-state index is 0.159. The molecule has 0 aromatic rings. The van der Waals surface area contributed by atoms with E-state index in [1.165, 1.54) is 19.3 Å². The van der Waals surface area contributed by atoms with E-state index in [1.54, 1.807) is 0 Å². The van der Waals surface area contributed by atoms with Crippen LogP contribution >= 0.6 is 0 Å². The van der Waals surface area contributed by atoms with Crippen molar-refractivity contribution < 1.29 is 8.78 Å². The Morgan fingerprint density at radius 1 is 1.38 bits per heavy atom. The number of fused-ring (bicyclic) bond motifs is 2. The molecule has 3 unspecified atom stereocenters. The predicted molar refractivity (Wildman–Crippen MR) is 46.9 cm³/mol. The van der Waals surface area contributed by atoms with Crippen molar-refractivity contribution in [2.45, 2.75) is 37.8 Å². The van der Waals surface area contributed by atoms with E-state index >= 15 is 0 Å². The Labute approximate surface area is 77.1 Å². The smallest absolute Gasteiger partial charge is 0.250 e. The number of alkyl halides is 2. The van der Waals surface area contributed by atoms with Gasteiger partial charge >= 0.3 is 0 Å². The molecule has 2 aliphatic heterocycles. The number of hydrogen-bond donors (Lipinski definition) is 2. The molecular weight excluding hydrogens is 174 g/mol. The number of rotatable bonds is 4. The van der Waals surface area contributed by atoms with Gasteiger partial charge in [0.25, 0.3) is 6.43 Å². The Morgan fingerprint density at radius 3 is 2.77 bits per heavy atom. The minimum atomic E-state index is -2.22. The molecule has 2 bridgehead atoms. The second kappa shape index (κ2) is 3.88. The largest absolute Gasteiger partial charge is 0.311 e. The molecule has 3 atom stereocenters. The fraction of sp³-hybridized carbons (Fsp3) is 1.00. The summed E-state index contributed by atoms with van der Waals surface area (Å²) in [5.74, 6) is 0.581. The van der Waals surface area contributed by atoms with Crippen LogP contribution in [-0.4, -0.2) is 31.6 Å². The lowest BCUT2D eigenvalue weighted by Gasteiger charge is -2.20. The molecule has 2 aliphatic rings. The first-order valence-electron chi connectivity index (χ1n) is 5.00. The van der Waals surface area contributed by atoms with Crippen LogP contribution in [0.15, 0.2) is 0 Å². The first kappa shape index (κ1) is 9.34. The highest BCUT2D eigenvalue weighted by molar-refractivity contribution is 4.97. The average Bonchev–Trinajstić information content (AvgIpc) is 2.64. The van der Waals surface area contributed by atoms with Crippen molar-refractivity contribution in [3.63, 3.8) is 0 Å². The van der Waals surface area contributed by atoms with Gasteiger partial charge in [0.15, 0.2) is 0 Å². The molecule has 0 aromatic carbocycles. The quantitative estimate of drug-likeness (QED) is 0.690. The highest BCUT2D eigenvalue weighted by Crippen LogP contribution is 2.32. The van der Waals surface area contributed by atoms with Gasteiger partial charge in [0.05, 0.1) is 6.54 Å². The standard InChI is InChI=1S/C9H16F2N2/c10-9(11)5-12-4-6-3-7-1-2-8(6)13-7/h6-9,12-13H,1-5H2. The molecule has 2 rings (SSSR count). The van der Waals surface area contributed by atoms with Gasteiger partial charge in [0, 0.05) is 12.1 Å². The molecule has 76 valence electrons. The molecule has 0 aromatic heterocycles. The number of nitrogens with one attached hydrogen (secondary N) is 2. The van der Waals surface area contributed by atoms with E-state index in [2.05, 4.69) is 10.6 Å². The van der Waals surface area contributed by atoms with Gasteiger partial charge in [-0.15, -0.1) is 0 Å². The summed E-state index contributed by atoms with van der Waals surface area (Å²) >= 11 is 0. The Hall–Kier alpha value is -0.220. The summed E-state index contributed by atoms with van der Waals surface area (Å²) in [5.41, 5.74) is 0. The molecule has 0 radical (unpaired) electrons. The van der Waals surface area contributed by atoms with Crippen LogP contribution in [0.4, 0.5) is 8.78 Å². The van der Waals surface area contributed by atoms with Gasteiger partial charge in [-0.05, 0) is 31.7 Å². The Kier molecular flexibility index (Phi) is 2.79. The van der Waals surface area contributed by atoms with E-state index in [0.717, 1.165) is 6.54 Å². The summed E-state index contributed by atoms with van der Waals surface area (Å²) in [7, 11) is 0. The summed E-state index contributed by atoms with van der Waals surface area (Å²) in [4.78, 5) is 0. The van der Waals surface area contributed by atoms with Crippen molar-refractivity contribution in [1.82, 2.24) is 10.6 Å². The summed E-state index contributed by atoms with van der Waals surface area (Å²) in [5, 5.41) is 6.31. The highest BCUT2D eigenvalue weighted by atomic mass is 19.3. The first-order valence-corrected chi connectivity index (χ1v) is 5.00. The number of halogens is 2. The van der Waals surface area contributed by atoms with E-state index in [9.17, 15) is 8.78 Å². The number of hydrogen-bond acceptors (Lipinski definition) is 2. The van der Waals surface area contributed by atoms with Crippen molar-refractivity contribution in [3.8, 4) is 0 Å². The molecule has 2 nitrogen and oxygen atoms in total. The molecule has 4 heteroatoms. The maximum absolute atomic E-state index is 11.8. The van der Waals surface area contributed by atoms with Crippen LogP contribution in [0.1, 0.15) is 19.3 Å².